The summed E-state index contributed by atoms with van der Waals surface area (Å²) in [5.74, 6) is 0.477. The highest BCUT2D eigenvalue weighted by molar-refractivity contribution is 7.99. The largest absolute Gasteiger partial charge is 0.335 e. The lowest BCUT2D eigenvalue weighted by molar-refractivity contribution is -0.132. The average Bonchev–Trinajstić information content (AvgIpc) is 3.33. The maximum atomic E-state index is 13.0. The number of H-pyrrole nitrogens is 1. The Labute approximate surface area is 167 Å². The van der Waals surface area contributed by atoms with Gasteiger partial charge >= 0.3 is 0 Å². The van der Waals surface area contributed by atoms with Gasteiger partial charge in [-0.05, 0) is 25.3 Å². The fraction of sp³-hybridized carbons (Fsp3) is 0.588. The summed E-state index contributed by atoms with van der Waals surface area (Å²) in [7, 11) is -3.03. The molecule has 1 aliphatic carbocycles. The molecule has 1 saturated heterocycles. The van der Waals surface area contributed by atoms with Gasteiger partial charge in [0, 0.05) is 18.3 Å². The van der Waals surface area contributed by atoms with Crippen molar-refractivity contribution in [1.29, 1.82) is 0 Å². The van der Waals surface area contributed by atoms with Gasteiger partial charge in [-0.3, -0.25) is 4.79 Å². The van der Waals surface area contributed by atoms with Crippen LogP contribution in [0.2, 0.25) is 5.02 Å². The van der Waals surface area contributed by atoms with Crippen LogP contribution in [0.1, 0.15) is 32.1 Å². The molecule has 0 unspecified atom stereocenters. The second-order valence-electron chi connectivity index (χ2n) is 7.15. The van der Waals surface area contributed by atoms with Crippen molar-refractivity contribution in [2.45, 2.75) is 49.3 Å². The standard InChI is InChI=1S/C17H21ClN4O3S2/c18-11-7-14-16(19-8-11)21-17(20-14)26-9-15(23)22(12-3-1-2-4-12)13-5-6-27(24,25)10-13/h7-8,12-13H,1-6,9-10H2,(H,19,20,21)/t13-/m0/s1. The molecular weight excluding hydrogens is 408 g/mol. The van der Waals surface area contributed by atoms with Crippen LogP contribution in [0, 0.1) is 0 Å². The molecule has 2 fully saturated rings. The number of aromatic amines is 1. The molecule has 146 valence electrons. The fourth-order valence-electron chi connectivity index (χ4n) is 4.01. The number of halogens is 1. The molecule has 1 amide bonds. The molecule has 0 aromatic carbocycles. The first-order valence-corrected chi connectivity index (χ1v) is 12.3. The van der Waals surface area contributed by atoms with Gasteiger partial charge in [0.1, 0.15) is 0 Å². The van der Waals surface area contributed by atoms with Crippen molar-refractivity contribution in [2.24, 2.45) is 0 Å². The molecular formula is C17H21ClN4O3S2. The van der Waals surface area contributed by atoms with E-state index in [-0.39, 0.29) is 35.2 Å². The van der Waals surface area contributed by atoms with Gasteiger partial charge in [-0.15, -0.1) is 0 Å². The molecule has 0 spiro atoms. The second-order valence-corrected chi connectivity index (χ2v) is 10.8. The van der Waals surface area contributed by atoms with E-state index in [1.165, 1.54) is 18.0 Å². The Bertz CT molecular complexity index is 956. The molecule has 1 atom stereocenters. The Kier molecular flexibility index (Phi) is 5.35. The van der Waals surface area contributed by atoms with E-state index in [0.717, 1.165) is 31.2 Å². The van der Waals surface area contributed by atoms with Crippen molar-refractivity contribution >= 4 is 50.3 Å². The minimum Gasteiger partial charge on any atom is -0.335 e. The molecule has 7 nitrogen and oxygen atoms in total. The third-order valence-corrected chi connectivity index (χ3v) is 8.04. The van der Waals surface area contributed by atoms with Gasteiger partial charge in [0.15, 0.2) is 20.6 Å². The van der Waals surface area contributed by atoms with E-state index in [2.05, 4.69) is 15.0 Å². The molecule has 1 N–H and O–H groups in total. The van der Waals surface area contributed by atoms with Crippen molar-refractivity contribution in [3.8, 4) is 0 Å². The maximum absolute atomic E-state index is 13.0. The molecule has 1 saturated carbocycles. The first kappa shape index (κ1) is 19.0. The zero-order valence-corrected chi connectivity index (χ0v) is 17.1. The molecule has 2 aliphatic rings. The summed E-state index contributed by atoms with van der Waals surface area (Å²) < 4.78 is 23.8. The topological polar surface area (TPSA) is 96.0 Å². The van der Waals surface area contributed by atoms with Crippen LogP contribution in [0.3, 0.4) is 0 Å². The lowest BCUT2D eigenvalue weighted by atomic mass is 10.1. The first-order valence-electron chi connectivity index (χ1n) is 9.07. The van der Waals surface area contributed by atoms with Gasteiger partial charge in [0.05, 0.1) is 27.8 Å². The number of sulfone groups is 1. The predicted molar refractivity (Wildman–Crippen MR) is 106 cm³/mol. The normalized spacial score (nSPS) is 22.5. The van der Waals surface area contributed by atoms with Crippen LogP contribution < -0.4 is 0 Å². The summed E-state index contributed by atoms with van der Waals surface area (Å²) in [6.45, 7) is 0. The summed E-state index contributed by atoms with van der Waals surface area (Å²) in [6, 6.07) is 1.71. The Morgan fingerprint density at radius 2 is 2.07 bits per heavy atom. The van der Waals surface area contributed by atoms with Crippen molar-refractivity contribution in [3.63, 3.8) is 0 Å². The number of carbonyl (C=O) groups excluding carboxylic acids is 1. The van der Waals surface area contributed by atoms with E-state index in [1.807, 2.05) is 4.90 Å². The van der Waals surface area contributed by atoms with E-state index >= 15 is 0 Å². The van der Waals surface area contributed by atoms with Crippen LogP contribution in [-0.2, 0) is 14.6 Å². The zero-order chi connectivity index (χ0) is 19.0. The number of rotatable bonds is 5. The van der Waals surface area contributed by atoms with Crippen molar-refractivity contribution in [1.82, 2.24) is 19.9 Å². The number of hydrogen-bond acceptors (Lipinski definition) is 6. The smallest absolute Gasteiger partial charge is 0.233 e. The SMILES string of the molecule is O=C(CSc1nc2ncc(Cl)cc2[nH]1)N(C1CCCC1)[C@H]1CCS(=O)(=O)C1. The van der Waals surface area contributed by atoms with Crippen LogP contribution in [-0.4, -0.2) is 63.5 Å². The lowest BCUT2D eigenvalue weighted by Crippen LogP contribution is -2.47. The molecule has 3 heterocycles. The third kappa shape index (κ3) is 4.25. The van der Waals surface area contributed by atoms with Crippen LogP contribution >= 0.6 is 23.4 Å². The monoisotopic (exact) mass is 428 g/mol. The van der Waals surface area contributed by atoms with E-state index in [9.17, 15) is 13.2 Å². The lowest BCUT2D eigenvalue weighted by Gasteiger charge is -2.34. The highest BCUT2D eigenvalue weighted by Gasteiger charge is 2.38. The van der Waals surface area contributed by atoms with E-state index in [1.54, 1.807) is 6.07 Å². The number of aromatic nitrogens is 3. The Morgan fingerprint density at radius 3 is 2.78 bits per heavy atom. The van der Waals surface area contributed by atoms with Gasteiger partial charge in [-0.2, -0.15) is 0 Å². The molecule has 2 aromatic heterocycles. The van der Waals surface area contributed by atoms with E-state index < -0.39 is 9.84 Å². The third-order valence-electron chi connectivity index (χ3n) is 5.22. The molecule has 0 bridgehead atoms. The average molecular weight is 429 g/mol. The number of nitrogens with zero attached hydrogens (tertiary/aromatic N) is 3. The van der Waals surface area contributed by atoms with Gasteiger partial charge in [-0.25, -0.2) is 18.4 Å². The van der Waals surface area contributed by atoms with Crippen LogP contribution in [0.5, 0.6) is 0 Å². The number of carbonyl (C=O) groups is 1. The van der Waals surface area contributed by atoms with Gasteiger partial charge in [-0.1, -0.05) is 36.2 Å². The van der Waals surface area contributed by atoms with Gasteiger partial charge < -0.3 is 9.88 Å². The number of thioether (sulfide) groups is 1. The minimum absolute atomic E-state index is 0.0135. The quantitative estimate of drug-likeness (QED) is 0.735. The second kappa shape index (κ2) is 7.60. The summed E-state index contributed by atoms with van der Waals surface area (Å²) in [5.41, 5.74) is 1.29. The number of nitrogens with one attached hydrogen (secondary N) is 1. The highest BCUT2D eigenvalue weighted by atomic mass is 35.5. The summed E-state index contributed by atoms with van der Waals surface area (Å²) >= 11 is 7.25. The van der Waals surface area contributed by atoms with Gasteiger partial charge in [0.2, 0.25) is 5.91 Å². The number of pyridine rings is 1. The highest BCUT2D eigenvalue weighted by Crippen LogP contribution is 2.30. The molecule has 10 heteroatoms. The van der Waals surface area contributed by atoms with Gasteiger partial charge in [0.25, 0.3) is 0 Å². The fourth-order valence-corrected chi connectivity index (χ4v) is 6.62. The number of amides is 1. The summed E-state index contributed by atoms with van der Waals surface area (Å²) in [4.78, 5) is 26.5. The van der Waals surface area contributed by atoms with Crippen LogP contribution in [0.25, 0.3) is 11.2 Å². The molecule has 4 rings (SSSR count). The van der Waals surface area contributed by atoms with Crippen LogP contribution in [0.4, 0.5) is 0 Å². The zero-order valence-electron chi connectivity index (χ0n) is 14.7. The van der Waals surface area contributed by atoms with E-state index in [4.69, 9.17) is 11.6 Å². The Balaban J connectivity index is 1.47. The Morgan fingerprint density at radius 1 is 1.30 bits per heavy atom. The predicted octanol–water partition coefficient (Wildman–Crippen LogP) is 2.66. The Hall–Kier alpha value is -1.32. The molecule has 27 heavy (non-hydrogen) atoms. The molecule has 1 aliphatic heterocycles. The number of hydrogen-bond donors (Lipinski definition) is 1. The molecule has 0 radical (unpaired) electrons. The first-order chi connectivity index (χ1) is 12.9. The van der Waals surface area contributed by atoms with Crippen molar-refractivity contribution in [3.05, 3.63) is 17.3 Å². The van der Waals surface area contributed by atoms with Crippen LogP contribution in [0.15, 0.2) is 17.4 Å². The maximum Gasteiger partial charge on any atom is 0.233 e. The van der Waals surface area contributed by atoms with Crippen molar-refractivity contribution < 1.29 is 13.2 Å². The number of fused-ring (bicyclic) bond motifs is 1. The molecule has 2 aromatic rings. The summed E-state index contributed by atoms with van der Waals surface area (Å²) in [5, 5.41) is 1.13. The van der Waals surface area contributed by atoms with Crippen molar-refractivity contribution in [2.75, 3.05) is 17.3 Å². The van der Waals surface area contributed by atoms with E-state index in [0.29, 0.717) is 22.2 Å². The number of imidazole rings is 1. The minimum atomic E-state index is -3.03. The summed E-state index contributed by atoms with van der Waals surface area (Å²) in [6.07, 6.45) is 6.18.